The molecule has 8 heteroatoms. The van der Waals surface area contributed by atoms with E-state index in [1.54, 1.807) is 0 Å². The SMILES string of the molecule is O=S(=O)(c1cc(CCl)cc(F)c1F)N1CCOCC1. The maximum absolute atomic E-state index is 13.7. The predicted octanol–water partition coefficient (Wildman–Crippen LogP) is 1.72. The molecule has 0 spiro atoms. The molecule has 0 bridgehead atoms. The van der Waals surface area contributed by atoms with Gasteiger partial charge in [0.1, 0.15) is 4.90 Å². The maximum atomic E-state index is 13.7. The van der Waals surface area contributed by atoms with Crippen LogP contribution in [0, 0.1) is 11.6 Å². The normalized spacial score (nSPS) is 17.6. The molecule has 0 aliphatic carbocycles. The van der Waals surface area contributed by atoms with E-state index in [1.807, 2.05) is 0 Å². The van der Waals surface area contributed by atoms with Crippen molar-refractivity contribution >= 4 is 21.6 Å². The fraction of sp³-hybridized carbons (Fsp3) is 0.455. The number of sulfonamides is 1. The minimum atomic E-state index is -4.07. The fourth-order valence-electron chi connectivity index (χ4n) is 1.81. The first-order chi connectivity index (χ1) is 8.96. The van der Waals surface area contributed by atoms with Crippen LogP contribution in [0.5, 0.6) is 0 Å². The third-order valence-electron chi connectivity index (χ3n) is 2.80. The molecule has 0 atom stereocenters. The van der Waals surface area contributed by atoms with Crippen molar-refractivity contribution in [3.05, 3.63) is 29.3 Å². The second-order valence-corrected chi connectivity index (χ2v) is 6.21. The molecule has 1 saturated heterocycles. The number of rotatable bonds is 3. The first-order valence-corrected chi connectivity index (χ1v) is 7.56. The van der Waals surface area contributed by atoms with Crippen molar-refractivity contribution in [1.29, 1.82) is 0 Å². The molecule has 2 rings (SSSR count). The second kappa shape index (κ2) is 5.70. The summed E-state index contributed by atoms with van der Waals surface area (Å²) in [4.78, 5) is -0.676. The van der Waals surface area contributed by atoms with Gasteiger partial charge in [0.05, 0.1) is 13.2 Å². The molecule has 1 aliphatic rings. The van der Waals surface area contributed by atoms with Gasteiger partial charge in [0.2, 0.25) is 10.0 Å². The molecule has 106 valence electrons. The Labute approximate surface area is 115 Å². The maximum Gasteiger partial charge on any atom is 0.246 e. The summed E-state index contributed by atoms with van der Waals surface area (Å²) in [6.07, 6.45) is 0. The van der Waals surface area contributed by atoms with Crippen LogP contribution in [0.15, 0.2) is 17.0 Å². The summed E-state index contributed by atoms with van der Waals surface area (Å²) < 4.78 is 57.7. The summed E-state index contributed by atoms with van der Waals surface area (Å²) in [7, 11) is -4.07. The number of benzene rings is 1. The zero-order valence-electron chi connectivity index (χ0n) is 9.90. The minimum Gasteiger partial charge on any atom is -0.379 e. The van der Waals surface area contributed by atoms with E-state index in [0.717, 1.165) is 16.4 Å². The Morgan fingerprint density at radius 2 is 1.89 bits per heavy atom. The lowest BCUT2D eigenvalue weighted by atomic mass is 10.2. The van der Waals surface area contributed by atoms with Gasteiger partial charge in [-0.15, -0.1) is 11.6 Å². The predicted molar refractivity (Wildman–Crippen MR) is 65.5 cm³/mol. The van der Waals surface area contributed by atoms with Gasteiger partial charge in [0.15, 0.2) is 11.6 Å². The summed E-state index contributed by atoms with van der Waals surface area (Å²) in [5.41, 5.74) is 0.215. The lowest BCUT2D eigenvalue weighted by molar-refractivity contribution is 0.0729. The van der Waals surface area contributed by atoms with Crippen molar-refractivity contribution in [2.75, 3.05) is 26.3 Å². The average Bonchev–Trinajstić information content (AvgIpc) is 2.42. The van der Waals surface area contributed by atoms with Gasteiger partial charge in [-0.05, 0) is 17.7 Å². The van der Waals surface area contributed by atoms with Gasteiger partial charge in [0, 0.05) is 19.0 Å². The summed E-state index contributed by atoms with van der Waals surface area (Å²) in [6.45, 7) is 0.708. The lowest BCUT2D eigenvalue weighted by Gasteiger charge is -2.26. The molecule has 0 unspecified atom stereocenters. The van der Waals surface area contributed by atoms with Gasteiger partial charge in [-0.3, -0.25) is 0 Å². The van der Waals surface area contributed by atoms with E-state index in [9.17, 15) is 17.2 Å². The van der Waals surface area contributed by atoms with Crippen molar-refractivity contribution < 1.29 is 21.9 Å². The first-order valence-electron chi connectivity index (χ1n) is 5.58. The number of hydrogen-bond donors (Lipinski definition) is 0. The Balaban J connectivity index is 2.47. The Morgan fingerprint density at radius 1 is 1.26 bits per heavy atom. The quantitative estimate of drug-likeness (QED) is 0.799. The van der Waals surface area contributed by atoms with Crippen LogP contribution in [0.2, 0.25) is 0 Å². The van der Waals surface area contributed by atoms with Crippen LogP contribution in [0.25, 0.3) is 0 Å². The molecule has 0 N–H and O–H groups in total. The van der Waals surface area contributed by atoms with Crippen LogP contribution in [0.3, 0.4) is 0 Å². The molecule has 1 heterocycles. The molecule has 0 radical (unpaired) electrons. The Hall–Kier alpha value is -0.760. The first kappa shape index (κ1) is 14.6. The number of morpholine rings is 1. The zero-order chi connectivity index (χ0) is 14.0. The average molecular weight is 312 g/mol. The highest BCUT2D eigenvalue weighted by Gasteiger charge is 2.30. The molecule has 19 heavy (non-hydrogen) atoms. The van der Waals surface area contributed by atoms with Crippen molar-refractivity contribution in [2.24, 2.45) is 0 Å². The van der Waals surface area contributed by atoms with E-state index in [2.05, 4.69) is 0 Å². The van der Waals surface area contributed by atoms with E-state index in [-0.39, 0.29) is 37.7 Å². The monoisotopic (exact) mass is 311 g/mol. The van der Waals surface area contributed by atoms with Gasteiger partial charge >= 0.3 is 0 Å². The van der Waals surface area contributed by atoms with Crippen molar-refractivity contribution in [1.82, 2.24) is 4.31 Å². The van der Waals surface area contributed by atoms with Crippen LogP contribution in [0.4, 0.5) is 8.78 Å². The summed E-state index contributed by atoms with van der Waals surface area (Å²) >= 11 is 5.54. The number of halogens is 3. The molecule has 1 aliphatic heterocycles. The third-order valence-corrected chi connectivity index (χ3v) is 5.00. The van der Waals surface area contributed by atoms with Gasteiger partial charge in [-0.2, -0.15) is 4.31 Å². The highest BCUT2D eigenvalue weighted by atomic mass is 35.5. The molecule has 0 saturated carbocycles. The molecule has 0 amide bonds. The Bertz CT molecular complexity index is 574. The third kappa shape index (κ3) is 2.89. The van der Waals surface area contributed by atoms with E-state index in [0.29, 0.717) is 0 Å². The van der Waals surface area contributed by atoms with E-state index < -0.39 is 26.6 Å². The molecule has 1 aromatic carbocycles. The van der Waals surface area contributed by atoms with Gasteiger partial charge in [-0.1, -0.05) is 0 Å². The molecule has 1 fully saturated rings. The van der Waals surface area contributed by atoms with E-state index >= 15 is 0 Å². The van der Waals surface area contributed by atoms with E-state index in [1.165, 1.54) is 0 Å². The van der Waals surface area contributed by atoms with Gasteiger partial charge in [0.25, 0.3) is 0 Å². The highest BCUT2D eigenvalue weighted by Crippen LogP contribution is 2.24. The lowest BCUT2D eigenvalue weighted by Crippen LogP contribution is -2.41. The number of hydrogen-bond acceptors (Lipinski definition) is 3. The smallest absolute Gasteiger partial charge is 0.246 e. The van der Waals surface area contributed by atoms with Crippen LogP contribution in [-0.2, 0) is 20.6 Å². The number of ether oxygens (including phenoxy) is 1. The Kier molecular flexibility index (Phi) is 4.39. The standard InChI is InChI=1S/C11H12ClF2NO3S/c12-7-8-5-9(13)11(14)10(6-8)19(16,17)15-1-3-18-4-2-15/h5-6H,1-4,7H2. The fourth-order valence-corrected chi connectivity index (χ4v) is 3.49. The second-order valence-electron chi connectivity index (χ2n) is 4.04. The Morgan fingerprint density at radius 3 is 2.47 bits per heavy atom. The van der Waals surface area contributed by atoms with E-state index in [4.69, 9.17) is 16.3 Å². The molecule has 1 aromatic rings. The van der Waals surface area contributed by atoms with Crippen LogP contribution >= 0.6 is 11.6 Å². The zero-order valence-corrected chi connectivity index (χ0v) is 11.5. The largest absolute Gasteiger partial charge is 0.379 e. The summed E-state index contributed by atoms with van der Waals surface area (Å²) in [5.74, 6) is -2.69. The van der Waals surface area contributed by atoms with Gasteiger partial charge in [-0.25, -0.2) is 17.2 Å². The number of alkyl halides is 1. The molecular weight excluding hydrogens is 300 g/mol. The highest BCUT2D eigenvalue weighted by molar-refractivity contribution is 7.89. The molecular formula is C11H12ClF2NO3S. The van der Waals surface area contributed by atoms with Crippen molar-refractivity contribution in [3.63, 3.8) is 0 Å². The van der Waals surface area contributed by atoms with Gasteiger partial charge < -0.3 is 4.74 Å². The van der Waals surface area contributed by atoms with Crippen LogP contribution in [0.1, 0.15) is 5.56 Å². The number of nitrogens with zero attached hydrogens (tertiary/aromatic N) is 1. The topological polar surface area (TPSA) is 46.6 Å². The van der Waals surface area contributed by atoms with Crippen LogP contribution in [-0.4, -0.2) is 39.0 Å². The molecule has 4 nitrogen and oxygen atoms in total. The minimum absolute atomic E-state index is 0.0944. The van der Waals surface area contributed by atoms with Crippen LogP contribution < -0.4 is 0 Å². The van der Waals surface area contributed by atoms with Crippen molar-refractivity contribution in [2.45, 2.75) is 10.8 Å². The summed E-state index contributed by atoms with van der Waals surface area (Å²) in [5, 5.41) is 0. The molecule has 0 aromatic heterocycles. The summed E-state index contributed by atoms with van der Waals surface area (Å²) in [6, 6.07) is 1.96. The van der Waals surface area contributed by atoms with Crippen molar-refractivity contribution in [3.8, 4) is 0 Å².